The van der Waals surface area contributed by atoms with Crippen LogP contribution in [0.15, 0.2) is 48.0 Å². The third-order valence-corrected chi connectivity index (χ3v) is 6.75. The SMILES string of the molecule is O=C(Nc1ccc(CN2C(=O)CSC2=O)cc1)c1cnc(-c2cccs2)s1. The minimum atomic E-state index is -0.218. The van der Waals surface area contributed by atoms with Crippen molar-refractivity contribution in [3.8, 4) is 9.88 Å². The number of imide groups is 1. The third kappa shape index (κ3) is 3.95. The molecule has 9 heteroatoms. The monoisotopic (exact) mass is 415 g/mol. The molecule has 0 spiro atoms. The smallest absolute Gasteiger partial charge is 0.289 e. The summed E-state index contributed by atoms with van der Waals surface area (Å²) < 4.78 is 0. The second-order valence-corrected chi connectivity index (χ2v) is 8.60. The molecule has 4 rings (SSSR count). The van der Waals surface area contributed by atoms with Crippen molar-refractivity contribution in [2.24, 2.45) is 0 Å². The average Bonchev–Trinajstić information content (AvgIpc) is 3.40. The normalized spacial score (nSPS) is 14.0. The zero-order valence-electron chi connectivity index (χ0n) is 13.9. The number of thiophene rings is 1. The molecule has 0 unspecified atom stereocenters. The Labute approximate surface area is 167 Å². The average molecular weight is 416 g/mol. The minimum Gasteiger partial charge on any atom is -0.321 e. The number of carbonyl (C=O) groups excluding carboxylic acids is 3. The van der Waals surface area contributed by atoms with Gasteiger partial charge in [0.2, 0.25) is 5.91 Å². The van der Waals surface area contributed by atoms with Crippen molar-refractivity contribution in [1.82, 2.24) is 9.88 Å². The maximum Gasteiger partial charge on any atom is 0.289 e. The van der Waals surface area contributed by atoms with E-state index in [-0.39, 0.29) is 29.4 Å². The van der Waals surface area contributed by atoms with Gasteiger partial charge in [0, 0.05) is 5.69 Å². The number of thioether (sulfide) groups is 1. The number of aromatic nitrogens is 1. The number of rotatable bonds is 5. The van der Waals surface area contributed by atoms with Crippen LogP contribution in [0.25, 0.3) is 9.88 Å². The fourth-order valence-electron chi connectivity index (χ4n) is 2.50. The highest BCUT2D eigenvalue weighted by Gasteiger charge is 2.29. The molecule has 3 heterocycles. The number of amides is 3. The van der Waals surface area contributed by atoms with E-state index in [2.05, 4.69) is 10.3 Å². The van der Waals surface area contributed by atoms with Crippen molar-refractivity contribution < 1.29 is 14.4 Å². The highest BCUT2D eigenvalue weighted by atomic mass is 32.2. The molecular weight excluding hydrogens is 402 g/mol. The van der Waals surface area contributed by atoms with Crippen LogP contribution in [0, 0.1) is 0 Å². The Kier molecular flexibility index (Phi) is 5.06. The summed E-state index contributed by atoms with van der Waals surface area (Å²) in [6, 6.07) is 11.0. The van der Waals surface area contributed by atoms with E-state index in [1.165, 1.54) is 16.2 Å². The Balaban J connectivity index is 1.40. The van der Waals surface area contributed by atoms with Gasteiger partial charge in [0.1, 0.15) is 9.88 Å². The Morgan fingerprint density at radius 2 is 2.00 bits per heavy atom. The Hall–Kier alpha value is -2.49. The van der Waals surface area contributed by atoms with Crippen LogP contribution in [0.4, 0.5) is 10.5 Å². The minimum absolute atomic E-state index is 0.172. The second kappa shape index (κ2) is 7.63. The van der Waals surface area contributed by atoms with Crippen LogP contribution >= 0.6 is 34.4 Å². The molecule has 0 aliphatic carbocycles. The zero-order chi connectivity index (χ0) is 18.8. The van der Waals surface area contributed by atoms with E-state index in [1.54, 1.807) is 41.8 Å². The van der Waals surface area contributed by atoms with Gasteiger partial charge in [-0.15, -0.1) is 22.7 Å². The zero-order valence-corrected chi connectivity index (χ0v) is 16.3. The van der Waals surface area contributed by atoms with Gasteiger partial charge in [0.15, 0.2) is 0 Å². The third-order valence-electron chi connectivity index (χ3n) is 3.85. The molecule has 27 heavy (non-hydrogen) atoms. The first-order chi connectivity index (χ1) is 13.1. The van der Waals surface area contributed by atoms with Crippen LogP contribution in [0.5, 0.6) is 0 Å². The number of nitrogens with one attached hydrogen (secondary N) is 1. The number of carbonyl (C=O) groups is 3. The quantitative estimate of drug-likeness (QED) is 0.671. The number of nitrogens with zero attached hydrogens (tertiary/aromatic N) is 2. The van der Waals surface area contributed by atoms with Gasteiger partial charge in [-0.2, -0.15) is 0 Å². The van der Waals surface area contributed by atoms with Gasteiger partial charge in [0.05, 0.1) is 23.4 Å². The van der Waals surface area contributed by atoms with Crippen LogP contribution in [0.2, 0.25) is 0 Å². The van der Waals surface area contributed by atoms with E-state index in [1.807, 2.05) is 17.5 Å². The molecule has 1 aromatic carbocycles. The summed E-state index contributed by atoms with van der Waals surface area (Å²) in [7, 11) is 0. The summed E-state index contributed by atoms with van der Waals surface area (Å²) in [6.07, 6.45) is 1.58. The molecule has 3 aromatic rings. The summed E-state index contributed by atoms with van der Waals surface area (Å²) in [5.74, 6) is -0.187. The summed E-state index contributed by atoms with van der Waals surface area (Å²) in [5, 5.41) is 5.41. The summed E-state index contributed by atoms with van der Waals surface area (Å²) in [5.41, 5.74) is 1.47. The van der Waals surface area contributed by atoms with E-state index in [0.29, 0.717) is 10.6 Å². The first-order valence-corrected chi connectivity index (χ1v) is 10.7. The van der Waals surface area contributed by atoms with E-state index in [4.69, 9.17) is 0 Å². The van der Waals surface area contributed by atoms with E-state index < -0.39 is 0 Å². The van der Waals surface area contributed by atoms with E-state index in [9.17, 15) is 14.4 Å². The van der Waals surface area contributed by atoms with Gasteiger partial charge in [0.25, 0.3) is 11.1 Å². The van der Waals surface area contributed by atoms with Gasteiger partial charge in [-0.1, -0.05) is 30.0 Å². The lowest BCUT2D eigenvalue weighted by Gasteiger charge is -2.13. The second-order valence-electron chi connectivity index (χ2n) is 5.69. The molecule has 1 fully saturated rings. The molecule has 0 saturated carbocycles. The van der Waals surface area contributed by atoms with Crippen molar-refractivity contribution in [1.29, 1.82) is 0 Å². The Morgan fingerprint density at radius 3 is 2.67 bits per heavy atom. The van der Waals surface area contributed by atoms with Crippen molar-refractivity contribution in [3.05, 3.63) is 58.4 Å². The molecule has 0 radical (unpaired) electrons. The summed E-state index contributed by atoms with van der Waals surface area (Å²) in [6.45, 7) is 0.248. The molecule has 3 amide bonds. The number of benzene rings is 1. The number of anilines is 1. The van der Waals surface area contributed by atoms with Crippen LogP contribution < -0.4 is 5.32 Å². The van der Waals surface area contributed by atoms with Crippen LogP contribution in [0.1, 0.15) is 15.2 Å². The fraction of sp³-hybridized carbons (Fsp3) is 0.111. The maximum absolute atomic E-state index is 12.4. The van der Waals surface area contributed by atoms with Crippen LogP contribution in [-0.4, -0.2) is 32.7 Å². The maximum atomic E-state index is 12.4. The molecule has 0 bridgehead atoms. The first-order valence-electron chi connectivity index (χ1n) is 7.97. The number of hydrogen-bond donors (Lipinski definition) is 1. The molecule has 2 aromatic heterocycles. The van der Waals surface area contributed by atoms with Gasteiger partial charge >= 0.3 is 0 Å². The van der Waals surface area contributed by atoms with Gasteiger partial charge in [-0.25, -0.2) is 4.98 Å². The Bertz CT molecular complexity index is 981. The number of thiazole rings is 1. The summed E-state index contributed by atoms with van der Waals surface area (Å²) >= 11 is 3.95. The predicted molar refractivity (Wildman–Crippen MR) is 108 cm³/mol. The van der Waals surface area contributed by atoms with E-state index in [0.717, 1.165) is 27.2 Å². The van der Waals surface area contributed by atoms with Crippen molar-refractivity contribution in [2.75, 3.05) is 11.1 Å². The van der Waals surface area contributed by atoms with E-state index >= 15 is 0 Å². The highest BCUT2D eigenvalue weighted by molar-refractivity contribution is 8.14. The lowest BCUT2D eigenvalue weighted by atomic mass is 10.2. The lowest BCUT2D eigenvalue weighted by Crippen LogP contribution is -2.27. The molecular formula is C18H13N3O3S3. The van der Waals surface area contributed by atoms with Gasteiger partial charge in [-0.3, -0.25) is 19.3 Å². The van der Waals surface area contributed by atoms with Gasteiger partial charge in [-0.05, 0) is 29.1 Å². The molecule has 136 valence electrons. The largest absolute Gasteiger partial charge is 0.321 e. The van der Waals surface area contributed by atoms with Crippen LogP contribution in [-0.2, 0) is 11.3 Å². The standard InChI is InChI=1S/C18H13N3O3S3/c22-15-10-26-18(24)21(15)9-11-3-5-12(6-4-11)20-16(23)14-8-19-17(27-14)13-2-1-7-25-13/h1-8H,9-10H2,(H,20,23). The van der Waals surface area contributed by atoms with Crippen molar-refractivity contribution in [3.63, 3.8) is 0 Å². The van der Waals surface area contributed by atoms with Crippen molar-refractivity contribution in [2.45, 2.75) is 6.54 Å². The Morgan fingerprint density at radius 1 is 1.19 bits per heavy atom. The number of hydrogen-bond acceptors (Lipinski definition) is 7. The van der Waals surface area contributed by atoms with Crippen LogP contribution in [0.3, 0.4) is 0 Å². The van der Waals surface area contributed by atoms with Gasteiger partial charge < -0.3 is 5.32 Å². The molecule has 1 saturated heterocycles. The molecule has 0 atom stereocenters. The molecule has 1 N–H and O–H groups in total. The fourth-order valence-corrected chi connectivity index (χ4v) is 4.84. The highest BCUT2D eigenvalue weighted by Crippen LogP contribution is 2.29. The molecule has 6 nitrogen and oxygen atoms in total. The summed E-state index contributed by atoms with van der Waals surface area (Å²) in [4.78, 5) is 42.8. The molecule has 1 aliphatic rings. The predicted octanol–water partition coefficient (Wildman–Crippen LogP) is 4.32. The lowest BCUT2D eigenvalue weighted by molar-refractivity contribution is -0.125. The first kappa shape index (κ1) is 17.9. The molecule has 1 aliphatic heterocycles. The topological polar surface area (TPSA) is 79.4 Å². The van der Waals surface area contributed by atoms with Crippen molar-refractivity contribution >= 4 is 57.2 Å².